The molecule has 2 aromatic rings. The van der Waals surface area contributed by atoms with Gasteiger partial charge in [-0.2, -0.15) is 0 Å². The van der Waals surface area contributed by atoms with Gasteiger partial charge in [-0.25, -0.2) is 8.78 Å². The summed E-state index contributed by atoms with van der Waals surface area (Å²) in [6.07, 6.45) is -1.18. The molecule has 2 atom stereocenters. The van der Waals surface area contributed by atoms with Gasteiger partial charge >= 0.3 is 0 Å². The summed E-state index contributed by atoms with van der Waals surface area (Å²) in [5.74, 6) is -2.47. The first-order chi connectivity index (χ1) is 9.54. The fraction of sp³-hybridized carbons (Fsp3) is 0.250. The molecular weight excluding hydrogens is 260 g/mol. The van der Waals surface area contributed by atoms with Crippen molar-refractivity contribution in [3.8, 4) is 0 Å². The van der Waals surface area contributed by atoms with Gasteiger partial charge < -0.3 is 10.8 Å². The Labute approximate surface area is 116 Å². The molecule has 20 heavy (non-hydrogen) atoms. The number of rotatable bonds is 4. The topological polar surface area (TPSA) is 46.2 Å². The maximum atomic E-state index is 13.8. The lowest BCUT2D eigenvalue weighted by Crippen LogP contribution is -2.21. The van der Waals surface area contributed by atoms with Gasteiger partial charge in [-0.15, -0.1) is 0 Å². The van der Waals surface area contributed by atoms with Crippen LogP contribution in [0, 0.1) is 18.6 Å². The van der Waals surface area contributed by atoms with Crippen molar-refractivity contribution in [1.82, 2.24) is 0 Å². The van der Waals surface area contributed by atoms with Crippen LogP contribution in [0.5, 0.6) is 0 Å². The standard InChI is InChI=1S/C16H17F2NO/c1-10-4-2-5-11(8-10)13(9-19)16(20)12-6-3-7-14(17)15(12)18/h2-8,13,16,20H,9,19H2,1H3. The molecule has 0 saturated heterocycles. The van der Waals surface area contributed by atoms with Gasteiger partial charge in [-0.05, 0) is 18.6 Å². The minimum atomic E-state index is -1.18. The molecule has 4 heteroatoms. The lowest BCUT2D eigenvalue weighted by Gasteiger charge is -2.23. The number of aliphatic hydroxyl groups is 1. The van der Waals surface area contributed by atoms with Crippen LogP contribution in [0.2, 0.25) is 0 Å². The fourth-order valence-corrected chi connectivity index (χ4v) is 2.31. The highest BCUT2D eigenvalue weighted by molar-refractivity contribution is 5.31. The van der Waals surface area contributed by atoms with Crippen molar-refractivity contribution in [3.05, 3.63) is 70.8 Å². The van der Waals surface area contributed by atoms with Crippen LogP contribution in [0.4, 0.5) is 8.78 Å². The molecule has 106 valence electrons. The van der Waals surface area contributed by atoms with Gasteiger partial charge in [-0.1, -0.05) is 42.0 Å². The summed E-state index contributed by atoms with van der Waals surface area (Å²) in [5, 5.41) is 10.3. The molecule has 0 bridgehead atoms. The predicted molar refractivity (Wildman–Crippen MR) is 74.3 cm³/mol. The Hall–Kier alpha value is -1.78. The molecule has 0 amide bonds. The van der Waals surface area contributed by atoms with E-state index in [1.165, 1.54) is 12.1 Å². The van der Waals surface area contributed by atoms with Crippen LogP contribution in [-0.2, 0) is 0 Å². The third kappa shape index (κ3) is 2.86. The summed E-state index contributed by atoms with van der Waals surface area (Å²) in [5.41, 5.74) is 7.47. The van der Waals surface area contributed by atoms with E-state index in [9.17, 15) is 13.9 Å². The summed E-state index contributed by atoms with van der Waals surface area (Å²) < 4.78 is 27.0. The van der Waals surface area contributed by atoms with Crippen molar-refractivity contribution >= 4 is 0 Å². The molecule has 0 saturated carbocycles. The van der Waals surface area contributed by atoms with Crippen molar-refractivity contribution in [1.29, 1.82) is 0 Å². The largest absolute Gasteiger partial charge is 0.388 e. The third-order valence-electron chi connectivity index (χ3n) is 3.41. The molecule has 2 nitrogen and oxygen atoms in total. The average Bonchev–Trinajstić information content (AvgIpc) is 2.42. The lowest BCUT2D eigenvalue weighted by atomic mass is 9.88. The summed E-state index contributed by atoms with van der Waals surface area (Å²) in [4.78, 5) is 0. The van der Waals surface area contributed by atoms with Crippen molar-refractivity contribution in [2.45, 2.75) is 18.9 Å². The van der Waals surface area contributed by atoms with Crippen LogP contribution >= 0.6 is 0 Å². The van der Waals surface area contributed by atoms with Gasteiger partial charge in [0.05, 0.1) is 6.10 Å². The number of hydrogen-bond acceptors (Lipinski definition) is 2. The molecule has 0 heterocycles. The second-order valence-electron chi connectivity index (χ2n) is 4.84. The Morgan fingerprint density at radius 3 is 2.50 bits per heavy atom. The number of benzene rings is 2. The van der Waals surface area contributed by atoms with E-state index in [2.05, 4.69) is 0 Å². The average molecular weight is 277 g/mol. The zero-order chi connectivity index (χ0) is 14.7. The highest BCUT2D eigenvalue weighted by Crippen LogP contribution is 2.32. The van der Waals surface area contributed by atoms with Crippen LogP contribution < -0.4 is 5.73 Å². The highest BCUT2D eigenvalue weighted by atomic mass is 19.2. The second-order valence-corrected chi connectivity index (χ2v) is 4.84. The molecule has 0 aromatic heterocycles. The van der Waals surface area contributed by atoms with E-state index < -0.39 is 23.7 Å². The van der Waals surface area contributed by atoms with Gasteiger partial charge in [0, 0.05) is 18.0 Å². The highest BCUT2D eigenvalue weighted by Gasteiger charge is 2.25. The zero-order valence-corrected chi connectivity index (χ0v) is 11.2. The lowest BCUT2D eigenvalue weighted by molar-refractivity contribution is 0.142. The number of aryl methyl sites for hydroxylation is 1. The minimum absolute atomic E-state index is 0.0676. The van der Waals surface area contributed by atoms with Crippen LogP contribution in [-0.4, -0.2) is 11.7 Å². The molecule has 0 aliphatic heterocycles. The molecule has 0 radical (unpaired) electrons. The molecule has 0 aliphatic carbocycles. The van der Waals surface area contributed by atoms with E-state index in [0.717, 1.165) is 17.2 Å². The molecule has 3 N–H and O–H groups in total. The predicted octanol–water partition coefficient (Wildman–Crippen LogP) is 3.05. The zero-order valence-electron chi connectivity index (χ0n) is 11.2. The van der Waals surface area contributed by atoms with E-state index in [1.807, 2.05) is 31.2 Å². The molecule has 2 rings (SSSR count). The minimum Gasteiger partial charge on any atom is -0.388 e. The monoisotopic (exact) mass is 277 g/mol. The number of aliphatic hydroxyl groups excluding tert-OH is 1. The van der Waals surface area contributed by atoms with Crippen LogP contribution in [0.3, 0.4) is 0 Å². The first-order valence-corrected chi connectivity index (χ1v) is 6.43. The van der Waals surface area contributed by atoms with Gasteiger partial charge in [0.15, 0.2) is 11.6 Å². The molecule has 0 aliphatic rings. The van der Waals surface area contributed by atoms with Crippen LogP contribution in [0.15, 0.2) is 42.5 Å². The molecule has 0 spiro atoms. The van der Waals surface area contributed by atoms with E-state index in [0.29, 0.717) is 0 Å². The SMILES string of the molecule is Cc1cccc(C(CN)C(O)c2cccc(F)c2F)c1. The summed E-state index contributed by atoms with van der Waals surface area (Å²) in [7, 11) is 0. The molecule has 2 aromatic carbocycles. The number of nitrogens with two attached hydrogens (primary N) is 1. The van der Waals surface area contributed by atoms with E-state index >= 15 is 0 Å². The molecule has 0 fully saturated rings. The Morgan fingerprint density at radius 1 is 1.15 bits per heavy atom. The summed E-state index contributed by atoms with van der Waals surface area (Å²) in [6.45, 7) is 2.06. The maximum Gasteiger partial charge on any atom is 0.164 e. The summed E-state index contributed by atoms with van der Waals surface area (Å²) >= 11 is 0. The first-order valence-electron chi connectivity index (χ1n) is 6.43. The molecule has 2 unspecified atom stereocenters. The maximum absolute atomic E-state index is 13.8. The second kappa shape index (κ2) is 6.11. The smallest absolute Gasteiger partial charge is 0.164 e. The van der Waals surface area contributed by atoms with Crippen LogP contribution in [0.25, 0.3) is 0 Å². The van der Waals surface area contributed by atoms with Gasteiger partial charge in [0.1, 0.15) is 0 Å². The van der Waals surface area contributed by atoms with Gasteiger partial charge in [0.2, 0.25) is 0 Å². The third-order valence-corrected chi connectivity index (χ3v) is 3.41. The summed E-state index contributed by atoms with van der Waals surface area (Å²) in [6, 6.07) is 11.3. The Balaban J connectivity index is 2.39. The fourth-order valence-electron chi connectivity index (χ4n) is 2.31. The van der Waals surface area contributed by atoms with E-state index in [1.54, 1.807) is 0 Å². The Kier molecular flexibility index (Phi) is 4.47. The van der Waals surface area contributed by atoms with Crippen molar-refractivity contribution in [2.75, 3.05) is 6.54 Å². The number of hydrogen-bond donors (Lipinski definition) is 2. The normalized spacial score (nSPS) is 14.1. The van der Waals surface area contributed by atoms with E-state index in [-0.39, 0.29) is 12.1 Å². The Bertz CT molecular complexity index is 601. The van der Waals surface area contributed by atoms with Gasteiger partial charge in [-0.3, -0.25) is 0 Å². The van der Waals surface area contributed by atoms with Crippen molar-refractivity contribution < 1.29 is 13.9 Å². The Morgan fingerprint density at radius 2 is 1.85 bits per heavy atom. The van der Waals surface area contributed by atoms with Crippen molar-refractivity contribution in [3.63, 3.8) is 0 Å². The van der Waals surface area contributed by atoms with Crippen LogP contribution in [0.1, 0.15) is 28.7 Å². The van der Waals surface area contributed by atoms with E-state index in [4.69, 9.17) is 5.73 Å². The first kappa shape index (κ1) is 14.6. The number of halogens is 2. The van der Waals surface area contributed by atoms with Crippen molar-refractivity contribution in [2.24, 2.45) is 5.73 Å². The van der Waals surface area contributed by atoms with Gasteiger partial charge in [0.25, 0.3) is 0 Å². The molecular formula is C16H17F2NO. The quantitative estimate of drug-likeness (QED) is 0.902.